The maximum Gasteiger partial charge on any atom is 0.252 e. The second kappa shape index (κ2) is 5.84. The normalized spacial score (nSPS) is 10.0. The van der Waals surface area contributed by atoms with Crippen LogP contribution < -0.4 is 10.1 Å². The van der Waals surface area contributed by atoms with Gasteiger partial charge in [0.15, 0.2) is 11.6 Å². The van der Waals surface area contributed by atoms with Crippen LogP contribution in [0, 0.1) is 5.82 Å². The van der Waals surface area contributed by atoms with Crippen molar-refractivity contribution in [3.05, 3.63) is 28.0 Å². The molecule has 0 heterocycles. The average Bonchev–Trinajstić information content (AvgIpc) is 2.26. The summed E-state index contributed by atoms with van der Waals surface area (Å²) in [5, 5.41) is 2.71. The smallest absolute Gasteiger partial charge is 0.252 e. The zero-order chi connectivity index (χ0) is 12.1. The van der Waals surface area contributed by atoms with E-state index < -0.39 is 5.82 Å². The van der Waals surface area contributed by atoms with E-state index in [1.165, 1.54) is 19.2 Å². The van der Waals surface area contributed by atoms with Gasteiger partial charge in [-0.05, 0) is 34.5 Å². The Balaban J connectivity index is 2.99. The van der Waals surface area contributed by atoms with Crippen LogP contribution in [-0.2, 0) is 0 Å². The number of carbonyl (C=O) groups excluding carboxylic acids is 1. The Morgan fingerprint density at radius 2 is 2.25 bits per heavy atom. The number of methoxy groups -OCH3 is 1. The lowest BCUT2D eigenvalue weighted by molar-refractivity contribution is 0.0952. The lowest BCUT2D eigenvalue weighted by Crippen LogP contribution is -2.24. The van der Waals surface area contributed by atoms with Gasteiger partial charge in [-0.2, -0.15) is 0 Å². The third-order valence-electron chi connectivity index (χ3n) is 2.02. The molecule has 0 atom stereocenters. The summed E-state index contributed by atoms with van der Waals surface area (Å²) in [4.78, 5) is 11.7. The summed E-state index contributed by atoms with van der Waals surface area (Å²) in [6.45, 7) is 2.55. The van der Waals surface area contributed by atoms with E-state index >= 15 is 0 Å². The quantitative estimate of drug-likeness (QED) is 0.926. The molecule has 1 amide bonds. The van der Waals surface area contributed by atoms with Gasteiger partial charge in [0.05, 0.1) is 12.7 Å². The molecule has 88 valence electrons. The Kier molecular flexibility index (Phi) is 4.73. The first-order valence-corrected chi connectivity index (χ1v) is 5.70. The van der Waals surface area contributed by atoms with E-state index in [2.05, 4.69) is 21.2 Å². The first-order valence-electron chi connectivity index (χ1n) is 4.91. The van der Waals surface area contributed by atoms with Crippen LogP contribution in [0.2, 0.25) is 0 Å². The molecule has 0 aliphatic rings. The van der Waals surface area contributed by atoms with Crippen LogP contribution in [0.4, 0.5) is 4.39 Å². The highest BCUT2D eigenvalue weighted by molar-refractivity contribution is 9.10. The molecule has 3 nitrogen and oxygen atoms in total. The van der Waals surface area contributed by atoms with E-state index in [1.807, 2.05) is 6.92 Å². The number of amides is 1. The molecule has 5 heteroatoms. The van der Waals surface area contributed by atoms with Gasteiger partial charge in [0.1, 0.15) is 0 Å². The van der Waals surface area contributed by atoms with Crippen molar-refractivity contribution in [3.8, 4) is 5.75 Å². The number of hydrogen-bond donors (Lipinski definition) is 1. The third kappa shape index (κ3) is 2.95. The van der Waals surface area contributed by atoms with Gasteiger partial charge in [-0.15, -0.1) is 0 Å². The van der Waals surface area contributed by atoms with Crippen LogP contribution in [0.25, 0.3) is 0 Å². The minimum absolute atomic E-state index is 0.0600. The lowest BCUT2D eigenvalue weighted by atomic mass is 10.2. The predicted octanol–water partition coefficient (Wildman–Crippen LogP) is 2.74. The Bertz CT molecular complexity index is 396. The van der Waals surface area contributed by atoms with E-state index in [0.29, 0.717) is 16.6 Å². The molecule has 1 aromatic carbocycles. The number of ether oxygens (including phenoxy) is 1. The van der Waals surface area contributed by atoms with Crippen LogP contribution >= 0.6 is 15.9 Å². The summed E-state index contributed by atoms with van der Waals surface area (Å²) in [5.74, 6) is -0.682. The number of nitrogens with one attached hydrogen (secondary N) is 1. The Morgan fingerprint density at radius 3 is 2.81 bits per heavy atom. The predicted molar refractivity (Wildman–Crippen MR) is 63.3 cm³/mol. The fourth-order valence-corrected chi connectivity index (χ4v) is 1.69. The first kappa shape index (κ1) is 13.0. The van der Waals surface area contributed by atoms with Crippen molar-refractivity contribution in [2.24, 2.45) is 0 Å². The minimum Gasteiger partial charge on any atom is -0.494 e. The van der Waals surface area contributed by atoms with Gasteiger partial charge < -0.3 is 10.1 Å². The number of carbonyl (C=O) groups is 1. The van der Waals surface area contributed by atoms with E-state index in [4.69, 9.17) is 4.74 Å². The molecular weight excluding hydrogens is 277 g/mol. The van der Waals surface area contributed by atoms with E-state index in [0.717, 1.165) is 6.42 Å². The SMILES string of the molecule is CCCNC(=O)c1cc(OC)c(F)cc1Br. The number of benzene rings is 1. The van der Waals surface area contributed by atoms with E-state index in [-0.39, 0.29) is 11.7 Å². The molecule has 1 N–H and O–H groups in total. The standard InChI is InChI=1S/C11H13BrFNO2/c1-3-4-14-11(15)7-5-10(16-2)9(13)6-8(7)12/h5-6H,3-4H2,1-2H3,(H,14,15). The van der Waals surface area contributed by atoms with Crippen LogP contribution in [-0.4, -0.2) is 19.6 Å². The van der Waals surface area contributed by atoms with Crippen LogP contribution in [0.15, 0.2) is 16.6 Å². The molecule has 0 aliphatic carbocycles. The second-order valence-electron chi connectivity index (χ2n) is 3.22. The molecule has 0 fully saturated rings. The summed E-state index contributed by atoms with van der Waals surface area (Å²) < 4.78 is 18.5. The van der Waals surface area contributed by atoms with Gasteiger partial charge in [0.25, 0.3) is 5.91 Å². The molecule has 0 bridgehead atoms. The zero-order valence-corrected chi connectivity index (χ0v) is 10.7. The highest BCUT2D eigenvalue weighted by atomic mass is 79.9. The van der Waals surface area contributed by atoms with Crippen molar-refractivity contribution in [1.82, 2.24) is 5.32 Å². The maximum absolute atomic E-state index is 13.3. The molecule has 0 spiro atoms. The number of rotatable bonds is 4. The van der Waals surface area contributed by atoms with Crippen molar-refractivity contribution in [1.29, 1.82) is 0 Å². The molecule has 1 rings (SSSR count). The zero-order valence-electron chi connectivity index (χ0n) is 9.14. The Hall–Kier alpha value is -1.10. The van der Waals surface area contributed by atoms with Crippen molar-refractivity contribution in [2.75, 3.05) is 13.7 Å². The Morgan fingerprint density at radius 1 is 1.56 bits per heavy atom. The van der Waals surface area contributed by atoms with E-state index in [9.17, 15) is 9.18 Å². The molecule has 0 unspecified atom stereocenters. The fraction of sp³-hybridized carbons (Fsp3) is 0.364. The molecule has 0 aliphatic heterocycles. The highest BCUT2D eigenvalue weighted by Crippen LogP contribution is 2.26. The van der Waals surface area contributed by atoms with Crippen molar-refractivity contribution >= 4 is 21.8 Å². The summed E-state index contributed by atoms with van der Waals surface area (Å²) >= 11 is 3.15. The molecule has 0 aromatic heterocycles. The van der Waals surface area contributed by atoms with Gasteiger partial charge in [0.2, 0.25) is 0 Å². The largest absolute Gasteiger partial charge is 0.494 e. The average molecular weight is 290 g/mol. The summed E-state index contributed by atoms with van der Waals surface area (Å²) in [7, 11) is 1.36. The topological polar surface area (TPSA) is 38.3 Å². The van der Waals surface area contributed by atoms with Gasteiger partial charge >= 0.3 is 0 Å². The Labute approximate surface area is 102 Å². The molecule has 1 aromatic rings. The molecule has 0 radical (unpaired) electrons. The summed E-state index contributed by atoms with van der Waals surface area (Å²) in [6, 6.07) is 2.60. The molecular formula is C11H13BrFNO2. The third-order valence-corrected chi connectivity index (χ3v) is 2.68. The highest BCUT2D eigenvalue weighted by Gasteiger charge is 2.14. The van der Waals surface area contributed by atoms with Gasteiger partial charge in [0, 0.05) is 11.0 Å². The van der Waals surface area contributed by atoms with Gasteiger partial charge in [-0.25, -0.2) is 4.39 Å². The number of halogens is 2. The van der Waals surface area contributed by atoms with Gasteiger partial charge in [-0.1, -0.05) is 6.92 Å². The molecule has 0 saturated carbocycles. The van der Waals surface area contributed by atoms with E-state index in [1.54, 1.807) is 0 Å². The second-order valence-corrected chi connectivity index (χ2v) is 4.08. The lowest BCUT2D eigenvalue weighted by Gasteiger charge is -2.08. The van der Waals surface area contributed by atoms with Crippen molar-refractivity contribution in [2.45, 2.75) is 13.3 Å². The molecule has 16 heavy (non-hydrogen) atoms. The minimum atomic E-state index is -0.499. The van der Waals surface area contributed by atoms with Crippen LogP contribution in [0.5, 0.6) is 5.75 Å². The van der Waals surface area contributed by atoms with Crippen LogP contribution in [0.3, 0.4) is 0 Å². The van der Waals surface area contributed by atoms with Crippen LogP contribution in [0.1, 0.15) is 23.7 Å². The van der Waals surface area contributed by atoms with Crippen molar-refractivity contribution in [3.63, 3.8) is 0 Å². The van der Waals surface area contributed by atoms with Gasteiger partial charge in [-0.3, -0.25) is 4.79 Å². The maximum atomic E-state index is 13.3. The summed E-state index contributed by atoms with van der Waals surface area (Å²) in [6.07, 6.45) is 0.849. The molecule has 0 saturated heterocycles. The summed E-state index contributed by atoms with van der Waals surface area (Å²) in [5.41, 5.74) is 0.367. The first-order chi connectivity index (χ1) is 7.60. The monoisotopic (exact) mass is 289 g/mol. The number of hydrogen-bond acceptors (Lipinski definition) is 2. The van der Waals surface area contributed by atoms with Crippen molar-refractivity contribution < 1.29 is 13.9 Å². The fourth-order valence-electron chi connectivity index (χ4n) is 1.19.